The van der Waals surface area contributed by atoms with E-state index in [0.717, 1.165) is 27.3 Å². The molecule has 13 nitrogen and oxygen atoms in total. The zero-order valence-electron chi connectivity index (χ0n) is 27.0. The van der Waals surface area contributed by atoms with Crippen LogP contribution in [0.25, 0.3) is 54.7 Å². The summed E-state index contributed by atoms with van der Waals surface area (Å²) in [6.07, 6.45) is -8.64. The van der Waals surface area contributed by atoms with Crippen LogP contribution in [0.15, 0.2) is 84.9 Å². The van der Waals surface area contributed by atoms with Gasteiger partial charge < -0.3 is 44.9 Å². The predicted octanol–water partition coefficient (Wildman–Crippen LogP) is 4.11. The molecule has 1 saturated heterocycles. The molecule has 1 fully saturated rings. The van der Waals surface area contributed by atoms with Crippen molar-refractivity contribution in [3.63, 3.8) is 0 Å². The van der Waals surface area contributed by atoms with Gasteiger partial charge in [-0.05, 0) is 46.5 Å². The topological polar surface area (TPSA) is 198 Å². The van der Waals surface area contributed by atoms with E-state index in [9.17, 15) is 40.2 Å². The Morgan fingerprint density at radius 1 is 0.731 bits per heavy atom. The van der Waals surface area contributed by atoms with Crippen LogP contribution in [0.5, 0.6) is 11.5 Å². The minimum Gasteiger partial charge on any atom is -0.508 e. The third-order valence-corrected chi connectivity index (χ3v) is 10.7. The van der Waals surface area contributed by atoms with Gasteiger partial charge in [0, 0.05) is 33.7 Å². The number of benzene rings is 5. The van der Waals surface area contributed by atoms with Gasteiger partial charge in [0.1, 0.15) is 42.0 Å². The number of phenols is 2. The van der Waals surface area contributed by atoms with Gasteiger partial charge >= 0.3 is 0 Å². The van der Waals surface area contributed by atoms with Gasteiger partial charge in [-0.2, -0.15) is 0 Å². The first-order chi connectivity index (χ1) is 25.2. The molecule has 4 heterocycles. The van der Waals surface area contributed by atoms with Crippen LogP contribution >= 0.6 is 0 Å². The van der Waals surface area contributed by atoms with Gasteiger partial charge in [0.05, 0.1) is 39.8 Å². The number of rotatable bonds is 4. The Balaban J connectivity index is 1.27. The van der Waals surface area contributed by atoms with Crippen molar-refractivity contribution in [1.82, 2.24) is 14.6 Å². The van der Waals surface area contributed by atoms with Crippen molar-refractivity contribution in [2.45, 2.75) is 36.7 Å². The maximum absolute atomic E-state index is 14.8. The molecule has 3 aliphatic rings. The number of ether oxygens (including phenoxy) is 1. The average molecular weight is 700 g/mol. The van der Waals surface area contributed by atoms with Crippen molar-refractivity contribution >= 4 is 55.4 Å². The number of aliphatic hydroxyl groups is 4. The zero-order valence-corrected chi connectivity index (χ0v) is 27.0. The number of hydrogen-bond donors (Lipinski definition) is 7. The highest BCUT2D eigenvalue weighted by Crippen LogP contribution is 2.50. The number of hydroxylamine groups is 2. The molecule has 0 unspecified atom stereocenters. The van der Waals surface area contributed by atoms with Gasteiger partial charge in [-0.15, -0.1) is 5.06 Å². The van der Waals surface area contributed by atoms with E-state index in [0.29, 0.717) is 27.2 Å². The normalized spacial score (nSPS) is 23.0. The van der Waals surface area contributed by atoms with E-state index in [2.05, 4.69) is 4.98 Å². The second-order valence-electron chi connectivity index (χ2n) is 13.4. The second kappa shape index (κ2) is 10.9. The van der Waals surface area contributed by atoms with Crippen LogP contribution in [-0.2, 0) is 9.57 Å². The summed E-state index contributed by atoms with van der Waals surface area (Å²) in [7, 11) is 0. The van der Waals surface area contributed by atoms with Crippen LogP contribution in [0.3, 0.4) is 0 Å². The quantitative estimate of drug-likeness (QED) is 0.131. The Labute approximate surface area is 292 Å². The number of H-pyrrole nitrogens is 1. The Kier molecular flexibility index (Phi) is 6.47. The highest BCUT2D eigenvalue weighted by molar-refractivity contribution is 6.39. The largest absolute Gasteiger partial charge is 0.508 e. The highest BCUT2D eigenvalue weighted by Gasteiger charge is 2.48. The van der Waals surface area contributed by atoms with E-state index in [1.165, 1.54) is 28.8 Å². The minimum atomic E-state index is -1.74. The van der Waals surface area contributed by atoms with Gasteiger partial charge in [-0.1, -0.05) is 48.5 Å². The first-order valence-corrected chi connectivity index (χ1v) is 16.7. The fourth-order valence-electron chi connectivity index (χ4n) is 8.38. The molecule has 52 heavy (non-hydrogen) atoms. The molecule has 7 aromatic rings. The summed E-state index contributed by atoms with van der Waals surface area (Å²) in [5.41, 5.74) is 4.72. The molecule has 0 saturated carbocycles. The lowest BCUT2D eigenvalue weighted by Crippen LogP contribution is -2.56. The maximum Gasteiger partial charge on any atom is 0.286 e. The van der Waals surface area contributed by atoms with Crippen molar-refractivity contribution in [3.05, 3.63) is 107 Å². The van der Waals surface area contributed by atoms with Crippen LogP contribution in [0, 0.1) is 0 Å². The summed E-state index contributed by atoms with van der Waals surface area (Å²) in [6, 6.07) is 24.2. The Hall–Kier alpha value is -5.80. The number of hydrogen-bond acceptors (Lipinski definition) is 10. The summed E-state index contributed by atoms with van der Waals surface area (Å²) in [5.74, 6) is -1.68. The summed E-state index contributed by atoms with van der Waals surface area (Å²) < 4.78 is 7.53. The van der Waals surface area contributed by atoms with Crippen molar-refractivity contribution in [2.75, 3.05) is 6.61 Å². The van der Waals surface area contributed by atoms with E-state index in [1.54, 1.807) is 12.1 Å². The molecule has 10 rings (SSSR count). The molecular formula is C39H29N3O10. The molecule has 260 valence electrons. The van der Waals surface area contributed by atoms with Crippen LogP contribution < -0.4 is 0 Å². The molecule has 7 N–H and O–H groups in total. The van der Waals surface area contributed by atoms with Crippen molar-refractivity contribution in [1.29, 1.82) is 0 Å². The number of amides is 2. The first kappa shape index (κ1) is 31.0. The molecule has 0 radical (unpaired) electrons. The number of carbonyl (C=O) groups excluding carboxylic acids is 2. The molecule has 13 heteroatoms. The SMILES string of the molecule is O=C1c2c(c3c4ccc(O)cc4n([C@@H]4O[C@H](CO)[C@@H](O)[C@H](O)[C@H]4O)c3c3[nH]c4cc(O)ccc4c23)C(=O)N1OC1c2ccccc2-c2ccccc21. The Morgan fingerprint density at radius 3 is 2.02 bits per heavy atom. The monoisotopic (exact) mass is 699 g/mol. The third-order valence-electron chi connectivity index (χ3n) is 10.7. The molecule has 2 amide bonds. The standard InChI is InChI=1S/C39H29N3O10/c43-15-26-33(46)34(47)35(48)39(51-26)41-25-14-17(45)10-12-23(25)28-30-29(27-22-11-9-16(44)13-24(22)40-31(27)32(28)41)37(49)42(38(30)50)52-36-20-7-3-1-5-18(20)19-6-2-4-8-21(19)36/h1-14,26,33-36,39-40,43-48H,15H2/t26-,33-,34+,35-,39-/m1/s1. The molecule has 5 aromatic carbocycles. The zero-order chi connectivity index (χ0) is 35.7. The predicted molar refractivity (Wildman–Crippen MR) is 186 cm³/mol. The van der Waals surface area contributed by atoms with E-state index in [-0.39, 0.29) is 39.0 Å². The summed E-state index contributed by atoms with van der Waals surface area (Å²) in [5, 5.41) is 66.3. The highest BCUT2D eigenvalue weighted by atomic mass is 16.7. The Bertz CT molecular complexity index is 2650. The van der Waals surface area contributed by atoms with E-state index >= 15 is 0 Å². The fourth-order valence-corrected chi connectivity index (χ4v) is 8.38. The summed E-state index contributed by atoms with van der Waals surface area (Å²) in [6.45, 7) is -0.687. The minimum absolute atomic E-state index is 0.0000673. The van der Waals surface area contributed by atoms with Gasteiger partial charge in [-0.3, -0.25) is 9.59 Å². The van der Waals surface area contributed by atoms with Crippen molar-refractivity contribution in [2.24, 2.45) is 0 Å². The Morgan fingerprint density at radius 2 is 1.35 bits per heavy atom. The molecule has 2 aliphatic heterocycles. The first-order valence-electron chi connectivity index (χ1n) is 16.7. The third kappa shape index (κ3) is 3.97. The number of phenolic OH excluding ortho intramolecular Hbond substituents is 2. The lowest BCUT2D eigenvalue weighted by Gasteiger charge is -2.41. The lowest BCUT2D eigenvalue weighted by molar-refractivity contribution is -0.249. The number of aromatic nitrogens is 2. The maximum atomic E-state index is 14.8. The number of aliphatic hydroxyl groups excluding tert-OH is 4. The van der Waals surface area contributed by atoms with Crippen molar-refractivity contribution < 1.29 is 49.8 Å². The molecule has 0 spiro atoms. The number of aromatic amines is 1. The molecule has 1 aliphatic carbocycles. The van der Waals surface area contributed by atoms with Gasteiger partial charge in [0.25, 0.3) is 11.8 Å². The average Bonchev–Trinajstić information content (AvgIpc) is 3.85. The van der Waals surface area contributed by atoms with Crippen LogP contribution in [-0.4, -0.2) is 88.1 Å². The summed E-state index contributed by atoms with van der Waals surface area (Å²) in [4.78, 5) is 39.3. The number of nitrogens with one attached hydrogen (secondary N) is 1. The van der Waals surface area contributed by atoms with E-state index in [1.807, 2.05) is 48.5 Å². The van der Waals surface area contributed by atoms with Crippen LogP contribution in [0.2, 0.25) is 0 Å². The molecule has 2 aromatic heterocycles. The molecule has 0 bridgehead atoms. The van der Waals surface area contributed by atoms with E-state index < -0.39 is 55.2 Å². The number of nitrogens with zero attached hydrogens (tertiary/aromatic N) is 2. The lowest BCUT2D eigenvalue weighted by atomic mass is 9.96. The smallest absolute Gasteiger partial charge is 0.286 e. The van der Waals surface area contributed by atoms with Gasteiger partial charge in [-0.25, -0.2) is 4.84 Å². The number of aromatic hydroxyl groups is 2. The van der Waals surface area contributed by atoms with Gasteiger partial charge in [0.2, 0.25) is 0 Å². The van der Waals surface area contributed by atoms with Crippen LogP contribution in [0.4, 0.5) is 0 Å². The van der Waals surface area contributed by atoms with Gasteiger partial charge in [0.15, 0.2) is 6.23 Å². The number of carbonyl (C=O) groups is 2. The van der Waals surface area contributed by atoms with E-state index in [4.69, 9.17) is 9.57 Å². The summed E-state index contributed by atoms with van der Waals surface area (Å²) >= 11 is 0. The van der Waals surface area contributed by atoms with Crippen LogP contribution in [0.1, 0.15) is 44.2 Å². The molecule has 5 atom stereocenters. The number of imide groups is 1. The molecular weight excluding hydrogens is 670 g/mol. The number of fused-ring (bicyclic) bond motifs is 13. The van der Waals surface area contributed by atoms with Crippen molar-refractivity contribution in [3.8, 4) is 22.6 Å². The second-order valence-corrected chi connectivity index (χ2v) is 13.4. The fraction of sp³-hybridized carbons (Fsp3) is 0.179.